The van der Waals surface area contributed by atoms with Crippen molar-refractivity contribution in [3.63, 3.8) is 0 Å². The highest BCUT2D eigenvalue weighted by Crippen LogP contribution is 2.31. The third-order valence-corrected chi connectivity index (χ3v) is 3.51. The summed E-state index contributed by atoms with van der Waals surface area (Å²) in [6.45, 7) is 0. The first-order chi connectivity index (χ1) is 10.2. The minimum absolute atomic E-state index is 0.245. The molecule has 2 aromatic carbocycles. The SMILES string of the molecule is NC(=O)[C@H]1c2ccccc2C=CN1C(=O)c1ccccc1. The smallest absolute Gasteiger partial charge is 0.258 e. The van der Waals surface area contributed by atoms with E-state index in [-0.39, 0.29) is 5.91 Å². The third kappa shape index (κ3) is 2.31. The molecule has 0 aliphatic carbocycles. The summed E-state index contributed by atoms with van der Waals surface area (Å²) in [4.78, 5) is 25.8. The fourth-order valence-corrected chi connectivity index (χ4v) is 2.51. The van der Waals surface area contributed by atoms with Crippen LogP contribution >= 0.6 is 0 Å². The summed E-state index contributed by atoms with van der Waals surface area (Å²) >= 11 is 0. The molecule has 2 N–H and O–H groups in total. The minimum atomic E-state index is -0.779. The topological polar surface area (TPSA) is 63.4 Å². The van der Waals surface area contributed by atoms with E-state index >= 15 is 0 Å². The Kier molecular flexibility index (Phi) is 3.28. The lowest BCUT2D eigenvalue weighted by molar-refractivity contribution is -0.122. The molecule has 4 heteroatoms. The number of fused-ring (bicyclic) bond motifs is 1. The first-order valence-corrected chi connectivity index (χ1v) is 6.62. The second-order valence-electron chi connectivity index (χ2n) is 4.83. The predicted octanol–water partition coefficient (Wildman–Crippen LogP) is 2.34. The summed E-state index contributed by atoms with van der Waals surface area (Å²) in [6, 6.07) is 15.5. The van der Waals surface area contributed by atoms with E-state index in [2.05, 4.69) is 0 Å². The van der Waals surface area contributed by atoms with E-state index in [1.165, 1.54) is 4.90 Å². The molecule has 2 aromatic rings. The van der Waals surface area contributed by atoms with Crippen molar-refractivity contribution in [2.24, 2.45) is 5.73 Å². The molecule has 0 spiro atoms. The number of rotatable bonds is 2. The summed E-state index contributed by atoms with van der Waals surface area (Å²) < 4.78 is 0. The van der Waals surface area contributed by atoms with Crippen molar-refractivity contribution in [1.82, 2.24) is 4.90 Å². The van der Waals surface area contributed by atoms with Crippen LogP contribution in [0, 0.1) is 0 Å². The maximum absolute atomic E-state index is 12.6. The summed E-state index contributed by atoms with van der Waals surface area (Å²) in [5, 5.41) is 0. The number of hydrogen-bond donors (Lipinski definition) is 1. The van der Waals surface area contributed by atoms with Crippen LogP contribution in [0.25, 0.3) is 6.08 Å². The molecule has 1 atom stereocenters. The lowest BCUT2D eigenvalue weighted by atomic mass is 9.95. The Balaban J connectivity index is 2.04. The van der Waals surface area contributed by atoms with Crippen LogP contribution < -0.4 is 5.73 Å². The first kappa shape index (κ1) is 13.1. The molecule has 0 unspecified atom stereocenters. The molecule has 0 saturated heterocycles. The van der Waals surface area contributed by atoms with Crippen LogP contribution in [0.2, 0.25) is 0 Å². The molecule has 1 aliphatic rings. The zero-order chi connectivity index (χ0) is 14.8. The van der Waals surface area contributed by atoms with Crippen LogP contribution in [-0.4, -0.2) is 16.7 Å². The molecule has 0 aromatic heterocycles. The number of nitrogens with two attached hydrogens (primary N) is 1. The highest BCUT2D eigenvalue weighted by molar-refractivity contribution is 5.99. The zero-order valence-corrected chi connectivity index (χ0v) is 11.3. The molecule has 1 heterocycles. The number of nitrogens with zero attached hydrogens (tertiary/aromatic N) is 1. The highest BCUT2D eigenvalue weighted by Gasteiger charge is 2.32. The molecular formula is C17H14N2O2. The summed E-state index contributed by atoms with van der Waals surface area (Å²) in [7, 11) is 0. The van der Waals surface area contributed by atoms with Crippen LogP contribution in [0.3, 0.4) is 0 Å². The second kappa shape index (κ2) is 5.25. The van der Waals surface area contributed by atoms with Crippen LogP contribution in [0.4, 0.5) is 0 Å². The number of primary amides is 1. The Labute approximate surface area is 122 Å². The van der Waals surface area contributed by atoms with Gasteiger partial charge >= 0.3 is 0 Å². The van der Waals surface area contributed by atoms with Gasteiger partial charge in [-0.1, -0.05) is 42.5 Å². The van der Waals surface area contributed by atoms with Gasteiger partial charge in [0.05, 0.1) is 0 Å². The lowest BCUT2D eigenvalue weighted by Crippen LogP contribution is -2.40. The molecule has 21 heavy (non-hydrogen) atoms. The molecule has 0 fully saturated rings. The number of benzene rings is 2. The van der Waals surface area contributed by atoms with E-state index in [0.717, 1.165) is 11.1 Å². The minimum Gasteiger partial charge on any atom is -0.368 e. The standard InChI is InChI=1S/C17H14N2O2/c18-16(20)15-14-9-5-4-6-12(14)10-11-19(15)17(21)13-7-2-1-3-8-13/h1-11,15H,(H2,18,20)/t15-/m1/s1. The lowest BCUT2D eigenvalue weighted by Gasteiger charge is -2.31. The molecule has 2 amide bonds. The van der Waals surface area contributed by atoms with Crippen molar-refractivity contribution in [1.29, 1.82) is 0 Å². The van der Waals surface area contributed by atoms with Gasteiger partial charge in [0.15, 0.2) is 0 Å². The quantitative estimate of drug-likeness (QED) is 0.916. The second-order valence-corrected chi connectivity index (χ2v) is 4.83. The third-order valence-electron chi connectivity index (χ3n) is 3.51. The van der Waals surface area contributed by atoms with Crippen LogP contribution in [0.1, 0.15) is 27.5 Å². The van der Waals surface area contributed by atoms with Gasteiger partial charge in [-0.05, 0) is 29.3 Å². The summed E-state index contributed by atoms with van der Waals surface area (Å²) in [6.07, 6.45) is 3.43. The van der Waals surface area contributed by atoms with Crippen molar-refractivity contribution in [3.05, 3.63) is 77.5 Å². The summed E-state index contributed by atoms with van der Waals surface area (Å²) in [5.41, 5.74) is 7.69. The molecule has 0 bridgehead atoms. The number of hydrogen-bond acceptors (Lipinski definition) is 2. The van der Waals surface area contributed by atoms with Gasteiger partial charge in [0.1, 0.15) is 6.04 Å². The Morgan fingerprint density at radius 2 is 1.62 bits per heavy atom. The van der Waals surface area contributed by atoms with Crippen LogP contribution in [0.5, 0.6) is 0 Å². The molecule has 3 rings (SSSR count). The van der Waals surface area contributed by atoms with E-state index in [4.69, 9.17) is 5.73 Å². The highest BCUT2D eigenvalue weighted by atomic mass is 16.2. The van der Waals surface area contributed by atoms with Gasteiger partial charge in [-0.3, -0.25) is 14.5 Å². The Bertz CT molecular complexity index is 723. The monoisotopic (exact) mass is 278 g/mol. The normalized spacial score (nSPS) is 16.4. The summed E-state index contributed by atoms with van der Waals surface area (Å²) in [5.74, 6) is -0.791. The molecule has 0 saturated carbocycles. The van der Waals surface area contributed by atoms with E-state index in [1.807, 2.05) is 36.4 Å². The average Bonchev–Trinajstić information content (AvgIpc) is 2.53. The fourth-order valence-electron chi connectivity index (χ4n) is 2.51. The number of amides is 2. The van der Waals surface area contributed by atoms with Gasteiger partial charge < -0.3 is 5.73 Å². The van der Waals surface area contributed by atoms with Gasteiger partial charge in [0, 0.05) is 11.8 Å². The van der Waals surface area contributed by atoms with Gasteiger partial charge in [-0.15, -0.1) is 0 Å². The Hall–Kier alpha value is -2.88. The zero-order valence-electron chi connectivity index (χ0n) is 11.3. The van der Waals surface area contributed by atoms with Crippen LogP contribution in [-0.2, 0) is 4.79 Å². The number of carbonyl (C=O) groups is 2. The molecule has 0 radical (unpaired) electrons. The maximum atomic E-state index is 12.6. The van der Waals surface area contributed by atoms with Crippen molar-refractivity contribution in [2.45, 2.75) is 6.04 Å². The van der Waals surface area contributed by atoms with Crippen molar-refractivity contribution >= 4 is 17.9 Å². The largest absolute Gasteiger partial charge is 0.368 e. The van der Waals surface area contributed by atoms with E-state index in [0.29, 0.717) is 5.56 Å². The number of carbonyl (C=O) groups excluding carboxylic acids is 2. The van der Waals surface area contributed by atoms with Gasteiger partial charge in [0.25, 0.3) is 5.91 Å². The van der Waals surface area contributed by atoms with Crippen molar-refractivity contribution in [3.8, 4) is 0 Å². The van der Waals surface area contributed by atoms with Crippen LogP contribution in [0.15, 0.2) is 60.8 Å². The van der Waals surface area contributed by atoms with Gasteiger partial charge in [-0.2, -0.15) is 0 Å². The fraction of sp³-hybridized carbons (Fsp3) is 0.0588. The Morgan fingerprint density at radius 1 is 0.952 bits per heavy atom. The van der Waals surface area contributed by atoms with Crippen molar-refractivity contribution in [2.75, 3.05) is 0 Å². The molecule has 104 valence electrons. The molecule has 4 nitrogen and oxygen atoms in total. The van der Waals surface area contributed by atoms with E-state index in [9.17, 15) is 9.59 Å². The van der Waals surface area contributed by atoms with Gasteiger partial charge in [0.2, 0.25) is 5.91 Å². The van der Waals surface area contributed by atoms with E-state index in [1.54, 1.807) is 30.5 Å². The van der Waals surface area contributed by atoms with E-state index < -0.39 is 11.9 Å². The molecular weight excluding hydrogens is 264 g/mol. The Morgan fingerprint density at radius 3 is 2.33 bits per heavy atom. The first-order valence-electron chi connectivity index (χ1n) is 6.62. The predicted molar refractivity (Wildman–Crippen MR) is 80.0 cm³/mol. The average molecular weight is 278 g/mol. The van der Waals surface area contributed by atoms with Gasteiger partial charge in [-0.25, -0.2) is 0 Å². The maximum Gasteiger partial charge on any atom is 0.258 e. The van der Waals surface area contributed by atoms with Crippen molar-refractivity contribution < 1.29 is 9.59 Å². The molecule has 1 aliphatic heterocycles.